The molecule has 1 saturated heterocycles. The monoisotopic (exact) mass is 314 g/mol. The van der Waals surface area contributed by atoms with E-state index in [1.807, 2.05) is 12.1 Å². The van der Waals surface area contributed by atoms with Gasteiger partial charge in [-0.3, -0.25) is 9.69 Å². The van der Waals surface area contributed by atoms with Crippen LogP contribution in [0.15, 0.2) is 36.4 Å². The van der Waals surface area contributed by atoms with Crippen molar-refractivity contribution in [3.63, 3.8) is 0 Å². The number of carbonyl (C=O) groups excluding carboxylic acids is 2. The zero-order valence-electron chi connectivity index (χ0n) is 12.5. The molecule has 2 aromatic rings. The molecule has 1 N–H and O–H groups in total. The molecule has 114 valence electrons. The van der Waals surface area contributed by atoms with Gasteiger partial charge in [0.2, 0.25) is 5.91 Å². The molecule has 5 heteroatoms. The number of nitrogens with one attached hydrogen (secondary N) is 1. The third kappa shape index (κ3) is 3.20. The van der Waals surface area contributed by atoms with Gasteiger partial charge in [-0.1, -0.05) is 24.3 Å². The number of thiophene rings is 1. The van der Waals surface area contributed by atoms with Gasteiger partial charge in [0.25, 0.3) is 0 Å². The molecule has 1 aromatic heterocycles. The summed E-state index contributed by atoms with van der Waals surface area (Å²) < 4.78 is 0. The van der Waals surface area contributed by atoms with Crippen LogP contribution < -0.4 is 5.32 Å². The number of nitrogens with zero attached hydrogens (tertiary/aromatic N) is 1. The van der Waals surface area contributed by atoms with Crippen LogP contribution in [0.5, 0.6) is 0 Å². The summed E-state index contributed by atoms with van der Waals surface area (Å²) in [5.41, 5.74) is 2.21. The molecule has 0 spiro atoms. The number of imide groups is 1. The molecule has 22 heavy (non-hydrogen) atoms. The molecule has 1 fully saturated rings. The first-order valence-electron chi connectivity index (χ1n) is 7.37. The molecular weight excluding hydrogens is 296 g/mol. The summed E-state index contributed by atoms with van der Waals surface area (Å²) in [6.07, 6.45) is 1.24. The van der Waals surface area contributed by atoms with E-state index in [9.17, 15) is 9.59 Å². The standard InChI is InChI=1S/C17H18N2O2S/c1-12-4-9-15(22-12)14-7-5-13(6-8-14)11-18-17(21)19-10-2-3-16(19)20/h4-9H,2-3,10-11H2,1H3,(H,18,21). The van der Waals surface area contributed by atoms with Gasteiger partial charge in [0.05, 0.1) is 0 Å². The average Bonchev–Trinajstić information content (AvgIpc) is 3.14. The van der Waals surface area contributed by atoms with E-state index in [-0.39, 0.29) is 11.9 Å². The van der Waals surface area contributed by atoms with Gasteiger partial charge >= 0.3 is 6.03 Å². The van der Waals surface area contributed by atoms with E-state index in [0.717, 1.165) is 12.0 Å². The lowest BCUT2D eigenvalue weighted by Gasteiger charge is -2.14. The molecule has 0 atom stereocenters. The Morgan fingerprint density at radius 3 is 2.59 bits per heavy atom. The molecule has 0 aliphatic carbocycles. The molecule has 0 saturated carbocycles. The van der Waals surface area contributed by atoms with E-state index >= 15 is 0 Å². The van der Waals surface area contributed by atoms with E-state index in [1.54, 1.807) is 11.3 Å². The highest BCUT2D eigenvalue weighted by Gasteiger charge is 2.25. The van der Waals surface area contributed by atoms with Gasteiger partial charge in [0, 0.05) is 29.3 Å². The largest absolute Gasteiger partial charge is 0.334 e. The van der Waals surface area contributed by atoms with Crippen molar-refractivity contribution in [1.29, 1.82) is 0 Å². The Morgan fingerprint density at radius 2 is 2.00 bits per heavy atom. The number of carbonyl (C=O) groups is 2. The van der Waals surface area contributed by atoms with Crippen LogP contribution in [0.1, 0.15) is 23.3 Å². The number of hydrogen-bond acceptors (Lipinski definition) is 3. The fraction of sp³-hybridized carbons (Fsp3) is 0.294. The van der Waals surface area contributed by atoms with E-state index in [1.165, 1.54) is 20.2 Å². The fourth-order valence-electron chi connectivity index (χ4n) is 2.51. The molecule has 1 aliphatic rings. The Bertz CT molecular complexity index is 691. The van der Waals surface area contributed by atoms with Gasteiger partial charge < -0.3 is 5.32 Å². The topological polar surface area (TPSA) is 49.4 Å². The summed E-state index contributed by atoms with van der Waals surface area (Å²) >= 11 is 1.77. The molecule has 2 heterocycles. The number of benzene rings is 1. The third-order valence-corrected chi connectivity index (χ3v) is 4.79. The number of likely N-dealkylation sites (tertiary alicyclic amines) is 1. The predicted octanol–water partition coefficient (Wildman–Crippen LogP) is 3.56. The number of urea groups is 1. The quantitative estimate of drug-likeness (QED) is 0.942. The normalized spacial score (nSPS) is 14.4. The second-order valence-electron chi connectivity index (χ2n) is 5.41. The Kier molecular flexibility index (Phi) is 4.24. The zero-order valence-corrected chi connectivity index (χ0v) is 13.3. The molecular formula is C17H18N2O2S. The molecule has 3 amide bonds. The van der Waals surface area contributed by atoms with Crippen LogP contribution in [0.2, 0.25) is 0 Å². The van der Waals surface area contributed by atoms with Crippen molar-refractivity contribution in [2.24, 2.45) is 0 Å². The second kappa shape index (κ2) is 6.32. The first-order chi connectivity index (χ1) is 10.6. The lowest BCUT2D eigenvalue weighted by Crippen LogP contribution is -2.40. The van der Waals surface area contributed by atoms with Crippen molar-refractivity contribution in [1.82, 2.24) is 10.2 Å². The molecule has 1 aromatic carbocycles. The van der Waals surface area contributed by atoms with Gasteiger partial charge in [-0.05, 0) is 36.6 Å². The molecule has 0 bridgehead atoms. The van der Waals surface area contributed by atoms with E-state index in [4.69, 9.17) is 0 Å². The van der Waals surface area contributed by atoms with Gasteiger partial charge in [-0.15, -0.1) is 11.3 Å². The van der Waals surface area contributed by atoms with Crippen LogP contribution in [0, 0.1) is 6.92 Å². The van der Waals surface area contributed by atoms with Crippen LogP contribution in [0.3, 0.4) is 0 Å². The van der Waals surface area contributed by atoms with E-state index < -0.39 is 0 Å². The van der Waals surface area contributed by atoms with Crippen molar-refractivity contribution in [2.75, 3.05) is 6.54 Å². The molecule has 0 radical (unpaired) electrons. The maximum Gasteiger partial charge on any atom is 0.324 e. The third-order valence-electron chi connectivity index (χ3n) is 3.74. The van der Waals surface area contributed by atoms with Crippen molar-refractivity contribution in [3.05, 3.63) is 46.8 Å². The van der Waals surface area contributed by atoms with Crippen molar-refractivity contribution >= 4 is 23.3 Å². The summed E-state index contributed by atoms with van der Waals surface area (Å²) in [5, 5.41) is 2.80. The molecule has 1 aliphatic heterocycles. The summed E-state index contributed by atoms with van der Waals surface area (Å²) in [4.78, 5) is 27.2. The minimum atomic E-state index is -0.291. The van der Waals surface area contributed by atoms with Crippen LogP contribution >= 0.6 is 11.3 Å². The lowest BCUT2D eigenvalue weighted by molar-refractivity contribution is -0.125. The fourth-order valence-corrected chi connectivity index (χ4v) is 3.39. The maximum atomic E-state index is 11.9. The summed E-state index contributed by atoms with van der Waals surface area (Å²) in [7, 11) is 0. The predicted molar refractivity (Wildman–Crippen MR) is 87.7 cm³/mol. The molecule has 3 rings (SSSR count). The van der Waals surface area contributed by atoms with Gasteiger partial charge in [-0.25, -0.2) is 4.79 Å². The van der Waals surface area contributed by atoms with Crippen LogP contribution in [0.4, 0.5) is 4.79 Å². The summed E-state index contributed by atoms with van der Waals surface area (Å²) in [6.45, 7) is 3.06. The first-order valence-corrected chi connectivity index (χ1v) is 8.19. The maximum absolute atomic E-state index is 11.9. The smallest absolute Gasteiger partial charge is 0.324 e. The Morgan fingerprint density at radius 1 is 1.23 bits per heavy atom. The number of hydrogen-bond donors (Lipinski definition) is 1. The average molecular weight is 314 g/mol. The summed E-state index contributed by atoms with van der Waals surface area (Å²) in [5.74, 6) is -0.0825. The van der Waals surface area contributed by atoms with Gasteiger partial charge in [0.15, 0.2) is 0 Å². The van der Waals surface area contributed by atoms with E-state index in [0.29, 0.717) is 19.5 Å². The Hall–Kier alpha value is -2.14. The SMILES string of the molecule is Cc1ccc(-c2ccc(CNC(=O)N3CCCC3=O)cc2)s1. The highest BCUT2D eigenvalue weighted by molar-refractivity contribution is 7.15. The van der Waals surface area contributed by atoms with Crippen molar-refractivity contribution in [3.8, 4) is 10.4 Å². The minimum Gasteiger partial charge on any atom is -0.334 e. The van der Waals surface area contributed by atoms with Crippen LogP contribution in [-0.2, 0) is 11.3 Å². The molecule has 0 unspecified atom stereocenters. The number of amides is 3. The van der Waals surface area contributed by atoms with Crippen molar-refractivity contribution in [2.45, 2.75) is 26.3 Å². The highest BCUT2D eigenvalue weighted by Crippen LogP contribution is 2.27. The van der Waals surface area contributed by atoms with E-state index in [2.05, 4.69) is 36.5 Å². The lowest BCUT2D eigenvalue weighted by atomic mass is 10.1. The first kappa shape index (κ1) is 14.8. The zero-order chi connectivity index (χ0) is 15.5. The van der Waals surface area contributed by atoms with Crippen LogP contribution in [0.25, 0.3) is 10.4 Å². The Balaban J connectivity index is 1.59. The highest BCUT2D eigenvalue weighted by atomic mass is 32.1. The van der Waals surface area contributed by atoms with Crippen molar-refractivity contribution < 1.29 is 9.59 Å². The summed E-state index contributed by atoms with van der Waals surface area (Å²) in [6, 6.07) is 12.1. The molecule has 4 nitrogen and oxygen atoms in total. The Labute approximate surface area is 133 Å². The van der Waals surface area contributed by atoms with Gasteiger partial charge in [0.1, 0.15) is 0 Å². The van der Waals surface area contributed by atoms with Gasteiger partial charge in [-0.2, -0.15) is 0 Å². The number of aryl methyl sites for hydroxylation is 1. The minimum absolute atomic E-state index is 0.0825. The number of rotatable bonds is 3. The van der Waals surface area contributed by atoms with Crippen LogP contribution in [-0.4, -0.2) is 23.4 Å². The second-order valence-corrected chi connectivity index (χ2v) is 6.70.